The van der Waals surface area contributed by atoms with E-state index >= 15 is 0 Å². The normalized spacial score (nSPS) is 11.8. The number of amides is 1. The molecule has 1 heterocycles. The molecule has 0 radical (unpaired) electrons. The molecule has 0 fully saturated rings. The third-order valence-corrected chi connectivity index (χ3v) is 6.12. The number of rotatable bonds is 13. The zero-order valence-electron chi connectivity index (χ0n) is 24.1. The summed E-state index contributed by atoms with van der Waals surface area (Å²) in [5.41, 5.74) is 7.39. The Hall–Kier alpha value is -3.94. The summed E-state index contributed by atoms with van der Waals surface area (Å²) in [5.74, 6) is 0.861. The number of aryl methyl sites for hydroxylation is 1. The molecule has 8 heteroatoms. The van der Waals surface area contributed by atoms with Gasteiger partial charge in [0.05, 0.1) is 13.2 Å². The zero-order valence-corrected chi connectivity index (χ0v) is 24.1. The van der Waals surface area contributed by atoms with Gasteiger partial charge >= 0.3 is 5.63 Å². The quantitative estimate of drug-likeness (QED) is 0.171. The minimum absolute atomic E-state index is 0.0175. The molecule has 1 aromatic heterocycles. The summed E-state index contributed by atoms with van der Waals surface area (Å²) in [6.07, 6.45) is 6.73. The van der Waals surface area contributed by atoms with Crippen LogP contribution in [0, 0.1) is 6.92 Å². The van der Waals surface area contributed by atoms with Crippen molar-refractivity contribution in [1.29, 1.82) is 0 Å². The Kier molecular flexibility index (Phi) is 12.9. The number of unbranched alkanes of at least 4 members (excludes halogenated alkanes) is 1. The molecule has 212 valence electrons. The maximum Gasteiger partial charge on any atom is 0.360 e. The van der Waals surface area contributed by atoms with Crippen LogP contribution in [-0.4, -0.2) is 19.1 Å². The molecule has 1 amide bonds. The van der Waals surface area contributed by atoms with Crippen molar-refractivity contribution in [3.8, 4) is 11.5 Å². The van der Waals surface area contributed by atoms with E-state index in [0.29, 0.717) is 23.3 Å². The molecule has 8 nitrogen and oxygen atoms in total. The molecule has 3 aromatic rings. The third-order valence-electron chi connectivity index (χ3n) is 6.12. The molecule has 4 N–H and O–H groups in total. The van der Waals surface area contributed by atoms with Gasteiger partial charge in [-0.15, -0.1) is 0 Å². The summed E-state index contributed by atoms with van der Waals surface area (Å²) in [7, 11) is 1.61. The molecule has 0 bridgehead atoms. The van der Waals surface area contributed by atoms with Crippen LogP contribution in [0.5, 0.6) is 11.5 Å². The lowest BCUT2D eigenvalue weighted by Crippen LogP contribution is -2.25. The molecule has 0 aliphatic heterocycles. The SMILES string of the molecule is CC.CCCCC(CCC)Oc1ccc2cc(NC(=O)/C(N)=C/NCc3ccc(OC)cc3)c(=O)oc2c1C. The first-order valence-corrected chi connectivity index (χ1v) is 13.7. The second kappa shape index (κ2) is 16.1. The van der Waals surface area contributed by atoms with Gasteiger partial charge in [0, 0.05) is 23.7 Å². The smallest absolute Gasteiger partial charge is 0.360 e. The number of anilines is 1. The lowest BCUT2D eigenvalue weighted by Gasteiger charge is -2.20. The van der Waals surface area contributed by atoms with Gasteiger partial charge in [-0.3, -0.25) is 4.79 Å². The lowest BCUT2D eigenvalue weighted by atomic mass is 10.1. The second-order valence-electron chi connectivity index (χ2n) is 9.01. The van der Waals surface area contributed by atoms with Crippen molar-refractivity contribution < 1.29 is 18.7 Å². The van der Waals surface area contributed by atoms with Crippen molar-refractivity contribution in [2.75, 3.05) is 12.4 Å². The molecule has 0 aliphatic rings. The van der Waals surface area contributed by atoms with Gasteiger partial charge in [0.25, 0.3) is 5.91 Å². The van der Waals surface area contributed by atoms with E-state index in [2.05, 4.69) is 24.5 Å². The molecule has 2 aromatic carbocycles. The molecule has 1 atom stereocenters. The number of methoxy groups -OCH3 is 1. The van der Waals surface area contributed by atoms with Gasteiger partial charge in [0.1, 0.15) is 28.5 Å². The van der Waals surface area contributed by atoms with Crippen molar-refractivity contribution in [1.82, 2.24) is 5.32 Å². The Balaban J connectivity index is 0.00000260. The van der Waals surface area contributed by atoms with Crippen LogP contribution in [0.1, 0.15) is 70.9 Å². The largest absolute Gasteiger partial charge is 0.497 e. The Morgan fingerprint density at radius 2 is 1.79 bits per heavy atom. The summed E-state index contributed by atoms with van der Waals surface area (Å²) in [6, 6.07) is 12.8. The second-order valence-corrected chi connectivity index (χ2v) is 9.01. The van der Waals surface area contributed by atoms with E-state index in [1.54, 1.807) is 13.2 Å². The van der Waals surface area contributed by atoms with Crippen LogP contribution in [0.25, 0.3) is 11.0 Å². The fraction of sp³-hybridized carbons (Fsp3) is 0.419. The Bertz CT molecular complexity index is 1280. The predicted octanol–water partition coefficient (Wildman–Crippen LogP) is 6.40. The molecule has 0 spiro atoms. The molecule has 3 rings (SSSR count). The van der Waals surface area contributed by atoms with E-state index in [0.717, 1.165) is 49.0 Å². The van der Waals surface area contributed by atoms with Gasteiger partial charge in [0.2, 0.25) is 0 Å². The Labute approximate surface area is 231 Å². The van der Waals surface area contributed by atoms with Gasteiger partial charge in [-0.1, -0.05) is 59.1 Å². The van der Waals surface area contributed by atoms with Crippen LogP contribution in [0.4, 0.5) is 5.69 Å². The fourth-order valence-electron chi connectivity index (χ4n) is 4.00. The van der Waals surface area contributed by atoms with Crippen molar-refractivity contribution in [2.45, 2.75) is 79.4 Å². The highest BCUT2D eigenvalue weighted by Gasteiger charge is 2.16. The maximum atomic E-state index is 12.7. The van der Waals surface area contributed by atoms with E-state index in [-0.39, 0.29) is 17.5 Å². The number of benzene rings is 2. The highest BCUT2D eigenvalue weighted by Crippen LogP contribution is 2.29. The first kappa shape index (κ1) is 31.3. The number of carbonyl (C=O) groups excluding carboxylic acids is 1. The molecule has 0 saturated carbocycles. The van der Waals surface area contributed by atoms with Gasteiger partial charge in [0.15, 0.2) is 0 Å². The average Bonchev–Trinajstić information content (AvgIpc) is 2.95. The minimum Gasteiger partial charge on any atom is -0.497 e. The van der Waals surface area contributed by atoms with Crippen LogP contribution in [0.2, 0.25) is 0 Å². The fourth-order valence-corrected chi connectivity index (χ4v) is 4.00. The topological polar surface area (TPSA) is 116 Å². The van der Waals surface area contributed by atoms with Crippen LogP contribution < -0.4 is 31.5 Å². The number of hydrogen-bond donors (Lipinski definition) is 3. The first-order chi connectivity index (χ1) is 18.9. The van der Waals surface area contributed by atoms with E-state index in [1.165, 1.54) is 6.20 Å². The Morgan fingerprint density at radius 1 is 1.08 bits per heavy atom. The summed E-state index contributed by atoms with van der Waals surface area (Å²) >= 11 is 0. The number of carbonyl (C=O) groups is 1. The average molecular weight is 538 g/mol. The number of ether oxygens (including phenoxy) is 2. The van der Waals surface area contributed by atoms with E-state index < -0.39 is 11.5 Å². The van der Waals surface area contributed by atoms with Crippen molar-refractivity contribution >= 4 is 22.6 Å². The van der Waals surface area contributed by atoms with Crippen molar-refractivity contribution in [2.24, 2.45) is 5.73 Å². The van der Waals surface area contributed by atoms with Crippen LogP contribution in [0.3, 0.4) is 0 Å². The molecule has 0 saturated heterocycles. The third kappa shape index (κ3) is 9.09. The van der Waals surface area contributed by atoms with Crippen molar-refractivity contribution in [3.05, 3.63) is 75.9 Å². The van der Waals surface area contributed by atoms with Crippen molar-refractivity contribution in [3.63, 3.8) is 0 Å². The molecule has 1 unspecified atom stereocenters. The minimum atomic E-state index is -0.656. The monoisotopic (exact) mass is 537 g/mol. The maximum absolute atomic E-state index is 12.7. The zero-order chi connectivity index (χ0) is 28.8. The molecular weight excluding hydrogens is 494 g/mol. The summed E-state index contributed by atoms with van der Waals surface area (Å²) in [6.45, 7) is 10.6. The molecule has 0 aliphatic carbocycles. The standard InChI is InChI=1S/C29H37N3O5.C2H6/c1-5-7-9-23(8-6-2)36-26-15-12-21-16-25(29(34)37-27(21)19(26)3)32-28(33)24(30)18-31-17-20-10-13-22(35-4)14-11-20;1-2/h10-16,18,23,31H,5-9,17,30H2,1-4H3,(H,32,33);1-2H3/b24-18-;. The van der Waals surface area contributed by atoms with E-state index in [9.17, 15) is 9.59 Å². The number of fused-ring (bicyclic) bond motifs is 1. The Morgan fingerprint density at radius 3 is 2.44 bits per heavy atom. The van der Waals surface area contributed by atoms with E-state index in [1.807, 2.05) is 57.2 Å². The molecule has 39 heavy (non-hydrogen) atoms. The summed E-state index contributed by atoms with van der Waals surface area (Å²) in [4.78, 5) is 25.2. The highest BCUT2D eigenvalue weighted by molar-refractivity contribution is 6.03. The van der Waals surface area contributed by atoms with Gasteiger partial charge in [-0.2, -0.15) is 0 Å². The van der Waals surface area contributed by atoms with E-state index in [4.69, 9.17) is 19.6 Å². The number of nitrogens with one attached hydrogen (secondary N) is 2. The van der Waals surface area contributed by atoms with Crippen LogP contribution in [0.15, 0.2) is 63.6 Å². The summed E-state index contributed by atoms with van der Waals surface area (Å²) in [5, 5.41) is 6.22. The van der Waals surface area contributed by atoms with Crippen LogP contribution in [-0.2, 0) is 11.3 Å². The number of hydrogen-bond acceptors (Lipinski definition) is 7. The lowest BCUT2D eigenvalue weighted by molar-refractivity contribution is -0.112. The van der Waals surface area contributed by atoms with Crippen LogP contribution >= 0.6 is 0 Å². The first-order valence-electron chi connectivity index (χ1n) is 13.7. The predicted molar refractivity (Wildman–Crippen MR) is 158 cm³/mol. The number of nitrogens with two attached hydrogens (primary N) is 1. The molecular formula is C31H43N3O5. The van der Waals surface area contributed by atoms with Gasteiger partial charge < -0.3 is 30.3 Å². The van der Waals surface area contributed by atoms with Gasteiger partial charge in [-0.25, -0.2) is 4.79 Å². The highest BCUT2D eigenvalue weighted by atomic mass is 16.5. The van der Waals surface area contributed by atoms with Gasteiger partial charge in [-0.05, 0) is 55.7 Å². The summed E-state index contributed by atoms with van der Waals surface area (Å²) < 4.78 is 17.0.